The van der Waals surface area contributed by atoms with Crippen molar-refractivity contribution in [2.45, 2.75) is 38.1 Å². The van der Waals surface area contributed by atoms with Crippen LogP contribution in [0, 0.1) is 5.92 Å². The summed E-state index contributed by atoms with van der Waals surface area (Å²) in [5.41, 5.74) is 0. The molecular formula is C12H25BrClNO2. The van der Waals surface area contributed by atoms with Gasteiger partial charge in [-0.15, -0.1) is 0 Å². The Kier molecular flexibility index (Phi) is 9.57. The van der Waals surface area contributed by atoms with Gasteiger partial charge in [0, 0.05) is 0 Å². The molecule has 0 saturated carbocycles. The lowest BCUT2D eigenvalue weighted by Crippen LogP contribution is -3.00. The normalized spacial score (nSPS) is 15.1. The monoisotopic (exact) mass is 329 g/mol. The van der Waals surface area contributed by atoms with E-state index in [4.69, 9.17) is 4.74 Å². The number of carbonyl (C=O) groups is 1. The third-order valence-electron chi connectivity index (χ3n) is 2.72. The summed E-state index contributed by atoms with van der Waals surface area (Å²) in [6, 6.07) is 0.308. The third kappa shape index (κ3) is 8.86. The number of hydrogen-bond donors (Lipinski definition) is 0. The molecule has 0 bridgehead atoms. The molecule has 0 amide bonds. The van der Waals surface area contributed by atoms with Crippen molar-refractivity contribution >= 4 is 21.9 Å². The number of esters is 1. The SMILES string of the molecule is CC(C)CC(Br)C(=O)OCC(C)[N+](C)(C)C.[Cl-]. The first kappa shape index (κ1) is 19.5. The maximum atomic E-state index is 11.6. The molecule has 0 aliphatic carbocycles. The van der Waals surface area contributed by atoms with Crippen LogP contribution in [0.25, 0.3) is 0 Å². The lowest BCUT2D eigenvalue weighted by Gasteiger charge is -2.31. The fourth-order valence-corrected chi connectivity index (χ4v) is 1.91. The Morgan fingerprint density at radius 1 is 1.24 bits per heavy atom. The van der Waals surface area contributed by atoms with Crippen molar-refractivity contribution in [2.24, 2.45) is 5.92 Å². The topological polar surface area (TPSA) is 26.3 Å². The number of rotatable bonds is 6. The van der Waals surface area contributed by atoms with Crippen LogP contribution in [0.1, 0.15) is 27.2 Å². The average Bonchev–Trinajstić information content (AvgIpc) is 2.10. The molecule has 0 aliphatic heterocycles. The zero-order chi connectivity index (χ0) is 12.9. The van der Waals surface area contributed by atoms with Gasteiger partial charge in [-0.2, -0.15) is 0 Å². The molecule has 2 unspecified atom stereocenters. The van der Waals surface area contributed by atoms with Crippen LogP contribution in [0.3, 0.4) is 0 Å². The van der Waals surface area contributed by atoms with E-state index in [-0.39, 0.29) is 23.2 Å². The maximum Gasteiger partial charge on any atom is 0.319 e. The second-order valence-corrected chi connectivity index (χ2v) is 6.80. The number of halogens is 2. The molecule has 0 fully saturated rings. The Labute approximate surface area is 120 Å². The number of ether oxygens (including phenoxy) is 1. The van der Waals surface area contributed by atoms with Gasteiger partial charge in [-0.05, 0) is 19.3 Å². The molecule has 0 aromatic heterocycles. The van der Waals surface area contributed by atoms with Gasteiger partial charge in [-0.3, -0.25) is 4.79 Å². The van der Waals surface area contributed by atoms with Gasteiger partial charge in [0.15, 0.2) is 0 Å². The van der Waals surface area contributed by atoms with Gasteiger partial charge in [-0.25, -0.2) is 0 Å². The summed E-state index contributed by atoms with van der Waals surface area (Å²) in [5, 5.41) is 0. The zero-order valence-corrected chi connectivity index (χ0v) is 14.0. The number of likely N-dealkylation sites (N-methyl/N-ethyl adjacent to an activating group) is 1. The van der Waals surface area contributed by atoms with Crippen molar-refractivity contribution in [1.29, 1.82) is 0 Å². The second kappa shape index (κ2) is 8.33. The number of hydrogen-bond acceptors (Lipinski definition) is 2. The van der Waals surface area contributed by atoms with E-state index >= 15 is 0 Å². The lowest BCUT2D eigenvalue weighted by atomic mass is 10.1. The summed E-state index contributed by atoms with van der Waals surface area (Å²) in [5.74, 6) is 0.349. The Morgan fingerprint density at radius 2 is 1.71 bits per heavy atom. The highest BCUT2D eigenvalue weighted by Crippen LogP contribution is 2.14. The fraction of sp³-hybridized carbons (Fsp3) is 0.917. The fourth-order valence-electron chi connectivity index (χ4n) is 1.03. The zero-order valence-electron chi connectivity index (χ0n) is 11.7. The number of quaternary nitrogens is 1. The van der Waals surface area contributed by atoms with Crippen LogP contribution in [0.4, 0.5) is 0 Å². The molecule has 2 atom stereocenters. The van der Waals surface area contributed by atoms with E-state index in [1.165, 1.54) is 0 Å². The highest BCUT2D eigenvalue weighted by atomic mass is 79.9. The molecule has 0 saturated heterocycles. The van der Waals surface area contributed by atoms with Gasteiger partial charge in [0.05, 0.1) is 21.1 Å². The molecule has 5 heteroatoms. The molecule has 17 heavy (non-hydrogen) atoms. The second-order valence-electron chi connectivity index (χ2n) is 5.69. The first-order valence-electron chi connectivity index (χ1n) is 5.76. The summed E-state index contributed by atoms with van der Waals surface area (Å²) in [6.07, 6.45) is 0.817. The predicted molar refractivity (Wildman–Crippen MR) is 70.6 cm³/mol. The third-order valence-corrected chi connectivity index (χ3v) is 3.47. The average molecular weight is 331 g/mol. The van der Waals surface area contributed by atoms with E-state index in [0.717, 1.165) is 10.9 Å². The lowest BCUT2D eigenvalue weighted by molar-refractivity contribution is -0.894. The smallest absolute Gasteiger partial charge is 0.319 e. The molecule has 0 N–H and O–H groups in total. The number of carbonyl (C=O) groups excluding carboxylic acids is 1. The van der Waals surface area contributed by atoms with Crippen LogP contribution < -0.4 is 12.4 Å². The van der Waals surface area contributed by atoms with Crippen LogP contribution in [-0.2, 0) is 9.53 Å². The van der Waals surface area contributed by atoms with Crippen LogP contribution in [0.2, 0.25) is 0 Å². The maximum absolute atomic E-state index is 11.6. The molecular weight excluding hydrogens is 305 g/mol. The molecule has 0 heterocycles. The molecule has 0 aromatic rings. The van der Waals surface area contributed by atoms with Crippen LogP contribution >= 0.6 is 15.9 Å². The standard InChI is InChI=1S/C12H25BrNO2.ClH/c1-9(2)7-11(13)12(15)16-8-10(3)14(4,5)6;/h9-11H,7-8H2,1-6H3;1H/q+1;/p-1. The molecule has 0 radical (unpaired) electrons. The number of alkyl halides is 1. The molecule has 0 aromatic carbocycles. The van der Waals surface area contributed by atoms with E-state index in [2.05, 4.69) is 57.8 Å². The molecule has 0 aliphatic rings. The van der Waals surface area contributed by atoms with E-state index in [0.29, 0.717) is 18.6 Å². The van der Waals surface area contributed by atoms with E-state index in [1.54, 1.807) is 0 Å². The van der Waals surface area contributed by atoms with Gasteiger partial charge in [0.1, 0.15) is 17.5 Å². The Bertz CT molecular complexity index is 229. The van der Waals surface area contributed by atoms with Crippen molar-refractivity contribution < 1.29 is 26.4 Å². The predicted octanol–water partition coefficient (Wildman–Crippen LogP) is -0.562. The molecule has 0 spiro atoms. The minimum absolute atomic E-state index is 0. The van der Waals surface area contributed by atoms with Crippen molar-refractivity contribution in [1.82, 2.24) is 0 Å². The van der Waals surface area contributed by atoms with Crippen molar-refractivity contribution in [3.05, 3.63) is 0 Å². The highest BCUT2D eigenvalue weighted by molar-refractivity contribution is 9.10. The Hall–Kier alpha value is 0.200. The summed E-state index contributed by atoms with van der Waals surface area (Å²) in [6.45, 7) is 6.74. The minimum Gasteiger partial charge on any atom is -1.00 e. The first-order valence-corrected chi connectivity index (χ1v) is 6.68. The van der Waals surface area contributed by atoms with Crippen molar-refractivity contribution in [2.75, 3.05) is 27.7 Å². The van der Waals surface area contributed by atoms with Gasteiger partial charge >= 0.3 is 5.97 Å². The first-order chi connectivity index (χ1) is 7.14. The van der Waals surface area contributed by atoms with Gasteiger partial charge in [0.25, 0.3) is 0 Å². The minimum atomic E-state index is -0.174. The van der Waals surface area contributed by atoms with Gasteiger partial charge in [0.2, 0.25) is 0 Å². The van der Waals surface area contributed by atoms with Crippen LogP contribution in [0.5, 0.6) is 0 Å². The largest absolute Gasteiger partial charge is 1.00 e. The summed E-state index contributed by atoms with van der Waals surface area (Å²) < 4.78 is 6.09. The van der Waals surface area contributed by atoms with Gasteiger partial charge < -0.3 is 21.6 Å². The Morgan fingerprint density at radius 3 is 2.06 bits per heavy atom. The summed E-state index contributed by atoms with van der Waals surface area (Å²) in [7, 11) is 6.29. The van der Waals surface area contributed by atoms with E-state index in [1.807, 2.05) is 0 Å². The Balaban J connectivity index is 0. The quantitative estimate of drug-likeness (QED) is 0.371. The molecule has 0 rings (SSSR count). The molecule has 104 valence electrons. The van der Waals surface area contributed by atoms with E-state index < -0.39 is 0 Å². The van der Waals surface area contributed by atoms with Crippen LogP contribution in [0.15, 0.2) is 0 Å². The summed E-state index contributed by atoms with van der Waals surface area (Å²) in [4.78, 5) is 11.5. The van der Waals surface area contributed by atoms with Crippen molar-refractivity contribution in [3.8, 4) is 0 Å². The van der Waals surface area contributed by atoms with Crippen molar-refractivity contribution in [3.63, 3.8) is 0 Å². The van der Waals surface area contributed by atoms with Crippen LogP contribution in [-0.4, -0.2) is 49.1 Å². The summed E-state index contributed by atoms with van der Waals surface area (Å²) >= 11 is 3.36. The van der Waals surface area contributed by atoms with E-state index in [9.17, 15) is 4.79 Å². The highest BCUT2D eigenvalue weighted by Gasteiger charge is 2.23. The number of nitrogens with zero attached hydrogens (tertiary/aromatic N) is 1. The van der Waals surface area contributed by atoms with Gasteiger partial charge in [-0.1, -0.05) is 29.8 Å². The molecule has 3 nitrogen and oxygen atoms in total.